The third-order valence-electron chi connectivity index (χ3n) is 3.47. The molecule has 0 atom stereocenters. The molecule has 0 spiro atoms. The summed E-state index contributed by atoms with van der Waals surface area (Å²) in [6.45, 7) is 1.86. The van der Waals surface area contributed by atoms with Crippen molar-refractivity contribution in [2.45, 2.75) is 13.5 Å². The first-order chi connectivity index (χ1) is 11.2. The summed E-state index contributed by atoms with van der Waals surface area (Å²) in [5.41, 5.74) is 1.97. The van der Waals surface area contributed by atoms with Gasteiger partial charge in [-0.3, -0.25) is 4.79 Å². The van der Waals surface area contributed by atoms with Crippen molar-refractivity contribution in [3.05, 3.63) is 76.3 Å². The lowest BCUT2D eigenvalue weighted by atomic mass is 10.1. The minimum atomic E-state index is -0.307. The Hall–Kier alpha value is -3.15. The Morgan fingerprint density at radius 1 is 1.17 bits per heavy atom. The minimum Gasteiger partial charge on any atom is -0.387 e. The van der Waals surface area contributed by atoms with Crippen molar-refractivity contribution < 1.29 is 4.84 Å². The summed E-state index contributed by atoms with van der Waals surface area (Å²) >= 11 is 0. The number of hydrogen-bond acceptors (Lipinski definition) is 5. The Morgan fingerprint density at radius 2 is 1.87 bits per heavy atom. The molecule has 1 aromatic heterocycles. The second-order valence-electron chi connectivity index (χ2n) is 5.04. The van der Waals surface area contributed by atoms with E-state index < -0.39 is 0 Å². The Morgan fingerprint density at radius 3 is 2.65 bits per heavy atom. The molecule has 0 aliphatic carbocycles. The maximum absolute atomic E-state index is 12.2. The van der Waals surface area contributed by atoms with Crippen molar-refractivity contribution in [1.82, 2.24) is 9.66 Å². The number of rotatable bonds is 4. The molecule has 6 nitrogen and oxygen atoms in total. The van der Waals surface area contributed by atoms with Gasteiger partial charge in [0.2, 0.25) is 0 Å². The molecule has 0 fully saturated rings. The van der Waals surface area contributed by atoms with Crippen molar-refractivity contribution in [1.29, 1.82) is 0 Å². The van der Waals surface area contributed by atoms with Gasteiger partial charge in [-0.1, -0.05) is 47.6 Å². The molecule has 2 N–H and O–H groups in total. The zero-order valence-electron chi connectivity index (χ0n) is 12.6. The predicted octanol–water partition coefficient (Wildman–Crippen LogP) is 2.05. The molecule has 0 bridgehead atoms. The van der Waals surface area contributed by atoms with Crippen LogP contribution in [-0.4, -0.2) is 15.4 Å². The van der Waals surface area contributed by atoms with Gasteiger partial charge < -0.3 is 10.7 Å². The first-order valence-corrected chi connectivity index (χ1v) is 7.14. The van der Waals surface area contributed by atoms with Gasteiger partial charge in [0, 0.05) is 0 Å². The predicted molar refractivity (Wildman–Crippen MR) is 89.6 cm³/mol. The number of oxime groups is 1. The van der Waals surface area contributed by atoms with E-state index in [1.807, 2.05) is 43.3 Å². The highest BCUT2D eigenvalue weighted by Gasteiger charge is 2.08. The summed E-state index contributed by atoms with van der Waals surface area (Å²) < 4.78 is 0.996. The molecule has 116 valence electrons. The minimum absolute atomic E-state index is 0.0146. The molecule has 0 aliphatic rings. The SMILES string of the molecule is C/C(=N\OCc1nc2ccccc2c(=O)n1N)c1ccccc1. The van der Waals surface area contributed by atoms with Crippen LogP contribution in [0.1, 0.15) is 18.3 Å². The quantitative estimate of drug-likeness (QED) is 0.454. The maximum Gasteiger partial charge on any atom is 0.279 e. The van der Waals surface area contributed by atoms with E-state index in [0.29, 0.717) is 16.7 Å². The molecule has 0 unspecified atom stereocenters. The first-order valence-electron chi connectivity index (χ1n) is 7.14. The summed E-state index contributed by atoms with van der Waals surface area (Å²) in [6, 6.07) is 16.7. The molecule has 23 heavy (non-hydrogen) atoms. The number of fused-ring (bicyclic) bond motifs is 1. The van der Waals surface area contributed by atoms with Crippen LogP contribution in [0.3, 0.4) is 0 Å². The molecule has 2 aromatic carbocycles. The van der Waals surface area contributed by atoms with Gasteiger partial charge >= 0.3 is 0 Å². The third-order valence-corrected chi connectivity index (χ3v) is 3.47. The number of benzene rings is 2. The van der Waals surface area contributed by atoms with E-state index in [2.05, 4.69) is 10.1 Å². The Kier molecular flexibility index (Phi) is 4.05. The number of nitrogens with two attached hydrogens (primary N) is 1. The zero-order chi connectivity index (χ0) is 16.2. The molecule has 0 saturated carbocycles. The molecule has 3 aromatic rings. The van der Waals surface area contributed by atoms with Gasteiger partial charge in [-0.15, -0.1) is 0 Å². The average molecular weight is 308 g/mol. The molecule has 0 amide bonds. The molecular weight excluding hydrogens is 292 g/mol. The summed E-state index contributed by atoms with van der Waals surface area (Å²) in [7, 11) is 0. The third kappa shape index (κ3) is 3.06. The molecular formula is C17H16N4O2. The highest BCUT2D eigenvalue weighted by Crippen LogP contribution is 2.08. The van der Waals surface area contributed by atoms with E-state index in [1.54, 1.807) is 18.2 Å². The van der Waals surface area contributed by atoms with Gasteiger partial charge in [0.25, 0.3) is 5.56 Å². The number of aromatic nitrogens is 2. The number of nitrogen functional groups attached to an aromatic ring is 1. The summed E-state index contributed by atoms with van der Waals surface area (Å²) in [4.78, 5) is 21.8. The van der Waals surface area contributed by atoms with E-state index in [4.69, 9.17) is 10.7 Å². The highest BCUT2D eigenvalue weighted by atomic mass is 16.6. The fraction of sp³-hybridized carbons (Fsp3) is 0.118. The Labute approximate surface area is 132 Å². The van der Waals surface area contributed by atoms with Crippen molar-refractivity contribution in [2.75, 3.05) is 5.84 Å². The number of hydrogen-bond donors (Lipinski definition) is 1. The van der Waals surface area contributed by atoms with Crippen LogP contribution in [0.15, 0.2) is 64.5 Å². The lowest BCUT2D eigenvalue weighted by Crippen LogP contribution is -2.31. The van der Waals surface area contributed by atoms with E-state index in [0.717, 1.165) is 16.0 Å². The highest BCUT2D eigenvalue weighted by molar-refractivity contribution is 5.98. The van der Waals surface area contributed by atoms with E-state index >= 15 is 0 Å². The van der Waals surface area contributed by atoms with Crippen LogP contribution in [0, 0.1) is 0 Å². The van der Waals surface area contributed by atoms with Crippen molar-refractivity contribution in [3.8, 4) is 0 Å². The smallest absolute Gasteiger partial charge is 0.279 e. The van der Waals surface area contributed by atoms with Crippen molar-refractivity contribution >= 4 is 16.6 Å². The lowest BCUT2D eigenvalue weighted by Gasteiger charge is -2.08. The number of nitrogens with zero attached hydrogens (tertiary/aromatic N) is 3. The van der Waals surface area contributed by atoms with Gasteiger partial charge in [0.15, 0.2) is 12.4 Å². The van der Waals surface area contributed by atoms with Crippen LogP contribution >= 0.6 is 0 Å². The van der Waals surface area contributed by atoms with Gasteiger partial charge in [-0.05, 0) is 24.6 Å². The molecule has 0 radical (unpaired) electrons. The summed E-state index contributed by atoms with van der Waals surface area (Å²) in [5, 5.41) is 4.52. The normalized spacial score (nSPS) is 11.6. The molecule has 3 rings (SSSR count). The summed E-state index contributed by atoms with van der Waals surface area (Å²) in [5.74, 6) is 6.11. The second kappa shape index (κ2) is 6.31. The van der Waals surface area contributed by atoms with Gasteiger partial charge in [0.1, 0.15) is 0 Å². The molecule has 1 heterocycles. The van der Waals surface area contributed by atoms with Crippen LogP contribution in [0.4, 0.5) is 0 Å². The lowest BCUT2D eigenvalue weighted by molar-refractivity contribution is 0.122. The maximum atomic E-state index is 12.2. The fourth-order valence-electron chi connectivity index (χ4n) is 2.21. The van der Waals surface area contributed by atoms with E-state index in [1.165, 1.54) is 0 Å². The van der Waals surface area contributed by atoms with Crippen LogP contribution in [-0.2, 0) is 11.4 Å². The molecule has 0 saturated heterocycles. The van der Waals surface area contributed by atoms with Gasteiger partial charge in [-0.2, -0.15) is 0 Å². The van der Waals surface area contributed by atoms with Gasteiger partial charge in [0.05, 0.1) is 16.6 Å². The fourth-order valence-corrected chi connectivity index (χ4v) is 2.21. The summed E-state index contributed by atoms with van der Waals surface area (Å²) in [6.07, 6.45) is 0. The topological polar surface area (TPSA) is 82.5 Å². The Bertz CT molecular complexity index is 917. The monoisotopic (exact) mass is 308 g/mol. The van der Waals surface area contributed by atoms with E-state index in [-0.39, 0.29) is 12.2 Å². The van der Waals surface area contributed by atoms with Crippen LogP contribution in [0.2, 0.25) is 0 Å². The van der Waals surface area contributed by atoms with Gasteiger partial charge in [-0.25, -0.2) is 9.66 Å². The first kappa shape index (κ1) is 14.8. The van der Waals surface area contributed by atoms with Crippen LogP contribution in [0.25, 0.3) is 10.9 Å². The second-order valence-corrected chi connectivity index (χ2v) is 5.04. The van der Waals surface area contributed by atoms with Crippen molar-refractivity contribution in [3.63, 3.8) is 0 Å². The standard InChI is InChI=1S/C17H16N4O2/c1-12(13-7-3-2-4-8-13)20-23-11-16-19-15-10-6-5-9-14(15)17(22)21(16)18/h2-10H,11,18H2,1H3/b20-12+. The molecule has 6 heteroatoms. The Balaban J connectivity index is 1.82. The zero-order valence-corrected chi connectivity index (χ0v) is 12.6. The molecule has 0 aliphatic heterocycles. The van der Waals surface area contributed by atoms with Crippen LogP contribution in [0.5, 0.6) is 0 Å². The van der Waals surface area contributed by atoms with E-state index in [9.17, 15) is 4.79 Å². The van der Waals surface area contributed by atoms with Crippen LogP contribution < -0.4 is 11.4 Å². The largest absolute Gasteiger partial charge is 0.387 e. The van der Waals surface area contributed by atoms with Crippen molar-refractivity contribution in [2.24, 2.45) is 5.16 Å². The number of para-hydroxylation sites is 1. The average Bonchev–Trinajstić information content (AvgIpc) is 2.60.